The first kappa shape index (κ1) is 10.7. The molecule has 1 heterocycles. The van der Waals surface area contributed by atoms with Crippen LogP contribution < -0.4 is 5.32 Å². The number of nitrogens with one attached hydrogen (secondary N) is 1. The Kier molecular flexibility index (Phi) is 3.79. The first-order valence-electron chi connectivity index (χ1n) is 6.19. The first-order valence-corrected chi connectivity index (χ1v) is 6.19. The van der Waals surface area contributed by atoms with Gasteiger partial charge in [0, 0.05) is 6.54 Å². The fourth-order valence-corrected chi connectivity index (χ4v) is 2.38. The molecule has 2 rings (SSSR count). The van der Waals surface area contributed by atoms with Gasteiger partial charge >= 0.3 is 0 Å². The smallest absolute Gasteiger partial charge is 0.00201 e. The van der Waals surface area contributed by atoms with Crippen molar-refractivity contribution in [1.29, 1.82) is 0 Å². The van der Waals surface area contributed by atoms with Crippen molar-refractivity contribution in [2.75, 3.05) is 13.1 Å². The van der Waals surface area contributed by atoms with E-state index < -0.39 is 0 Å². The SMILES string of the molecule is CCCc1ccc(C2CCCNC2)cc1. The summed E-state index contributed by atoms with van der Waals surface area (Å²) in [7, 11) is 0. The van der Waals surface area contributed by atoms with E-state index in [0.717, 1.165) is 12.5 Å². The van der Waals surface area contributed by atoms with Gasteiger partial charge in [-0.3, -0.25) is 0 Å². The Morgan fingerprint density at radius 2 is 2.07 bits per heavy atom. The molecular formula is C14H21N. The maximum Gasteiger partial charge on any atom is 0.00201 e. The first-order chi connectivity index (χ1) is 7.40. The van der Waals surface area contributed by atoms with E-state index >= 15 is 0 Å². The van der Waals surface area contributed by atoms with E-state index in [1.54, 1.807) is 0 Å². The zero-order valence-corrected chi connectivity index (χ0v) is 9.63. The van der Waals surface area contributed by atoms with Crippen LogP contribution in [0, 0.1) is 0 Å². The molecule has 0 aromatic heterocycles. The fraction of sp³-hybridized carbons (Fsp3) is 0.571. The minimum atomic E-state index is 0.745. The number of hydrogen-bond acceptors (Lipinski definition) is 1. The number of aryl methyl sites for hydroxylation is 1. The molecule has 0 aliphatic carbocycles. The molecule has 1 aromatic rings. The molecule has 1 aliphatic rings. The Hall–Kier alpha value is -0.820. The largest absolute Gasteiger partial charge is 0.316 e. The van der Waals surface area contributed by atoms with Gasteiger partial charge in [0.15, 0.2) is 0 Å². The number of piperidine rings is 1. The summed E-state index contributed by atoms with van der Waals surface area (Å²) in [6, 6.07) is 9.24. The van der Waals surface area contributed by atoms with Crippen molar-refractivity contribution < 1.29 is 0 Å². The highest BCUT2D eigenvalue weighted by molar-refractivity contribution is 5.26. The van der Waals surface area contributed by atoms with Crippen molar-refractivity contribution in [1.82, 2.24) is 5.32 Å². The van der Waals surface area contributed by atoms with Crippen LogP contribution in [-0.4, -0.2) is 13.1 Å². The molecule has 1 fully saturated rings. The van der Waals surface area contributed by atoms with Crippen LogP contribution in [-0.2, 0) is 6.42 Å². The van der Waals surface area contributed by atoms with Crippen molar-refractivity contribution in [2.24, 2.45) is 0 Å². The van der Waals surface area contributed by atoms with E-state index in [0.29, 0.717) is 0 Å². The van der Waals surface area contributed by atoms with E-state index in [1.807, 2.05) is 0 Å². The lowest BCUT2D eigenvalue weighted by Gasteiger charge is -2.23. The molecule has 1 saturated heterocycles. The van der Waals surface area contributed by atoms with Gasteiger partial charge in [0.1, 0.15) is 0 Å². The summed E-state index contributed by atoms with van der Waals surface area (Å²) < 4.78 is 0. The van der Waals surface area contributed by atoms with Gasteiger partial charge in [0.2, 0.25) is 0 Å². The average molecular weight is 203 g/mol. The van der Waals surface area contributed by atoms with Crippen LogP contribution in [0.15, 0.2) is 24.3 Å². The van der Waals surface area contributed by atoms with Gasteiger partial charge in [-0.1, -0.05) is 37.6 Å². The predicted molar refractivity (Wildman–Crippen MR) is 65.3 cm³/mol. The highest BCUT2D eigenvalue weighted by Gasteiger charge is 2.14. The van der Waals surface area contributed by atoms with Crippen LogP contribution in [0.4, 0.5) is 0 Å². The minimum Gasteiger partial charge on any atom is -0.316 e. The standard InChI is InChI=1S/C14H21N/c1-2-4-12-6-8-13(9-7-12)14-5-3-10-15-11-14/h6-9,14-15H,2-5,10-11H2,1H3. The number of rotatable bonds is 3. The molecule has 1 aliphatic heterocycles. The minimum absolute atomic E-state index is 0.745. The van der Waals surface area contributed by atoms with Crippen molar-refractivity contribution in [3.8, 4) is 0 Å². The maximum absolute atomic E-state index is 3.47. The molecule has 15 heavy (non-hydrogen) atoms. The Labute approximate surface area is 92.9 Å². The molecule has 0 amide bonds. The maximum atomic E-state index is 3.47. The summed E-state index contributed by atoms with van der Waals surface area (Å²) >= 11 is 0. The van der Waals surface area contributed by atoms with Crippen LogP contribution in [0.1, 0.15) is 43.2 Å². The van der Waals surface area contributed by atoms with Gasteiger partial charge in [0.25, 0.3) is 0 Å². The predicted octanol–water partition coefficient (Wildman–Crippen LogP) is 3.11. The van der Waals surface area contributed by atoms with Gasteiger partial charge < -0.3 is 5.32 Å². The summed E-state index contributed by atoms with van der Waals surface area (Å²) in [6.45, 7) is 4.59. The molecule has 1 N–H and O–H groups in total. The van der Waals surface area contributed by atoms with Crippen LogP contribution in [0.2, 0.25) is 0 Å². The van der Waals surface area contributed by atoms with Gasteiger partial charge in [-0.25, -0.2) is 0 Å². The van der Waals surface area contributed by atoms with Gasteiger partial charge in [-0.2, -0.15) is 0 Å². The number of benzene rings is 1. The molecule has 0 saturated carbocycles. The summed E-state index contributed by atoms with van der Waals surface area (Å²) in [5.41, 5.74) is 2.99. The monoisotopic (exact) mass is 203 g/mol. The van der Waals surface area contributed by atoms with E-state index in [-0.39, 0.29) is 0 Å². The molecule has 1 atom stereocenters. The van der Waals surface area contributed by atoms with Crippen LogP contribution in [0.3, 0.4) is 0 Å². The summed E-state index contributed by atoms with van der Waals surface area (Å²) in [4.78, 5) is 0. The lowest BCUT2D eigenvalue weighted by molar-refractivity contribution is 0.461. The normalized spacial score (nSPS) is 21.5. The van der Waals surface area contributed by atoms with Crippen LogP contribution in [0.25, 0.3) is 0 Å². The molecule has 0 bridgehead atoms. The zero-order valence-electron chi connectivity index (χ0n) is 9.63. The van der Waals surface area contributed by atoms with Crippen LogP contribution in [0.5, 0.6) is 0 Å². The van der Waals surface area contributed by atoms with Crippen molar-refractivity contribution in [3.05, 3.63) is 35.4 Å². The van der Waals surface area contributed by atoms with Crippen LogP contribution >= 0.6 is 0 Å². The second kappa shape index (κ2) is 5.32. The van der Waals surface area contributed by atoms with Crippen molar-refractivity contribution >= 4 is 0 Å². The Balaban J connectivity index is 2.02. The van der Waals surface area contributed by atoms with E-state index in [2.05, 4.69) is 36.5 Å². The van der Waals surface area contributed by atoms with E-state index in [9.17, 15) is 0 Å². The third kappa shape index (κ3) is 2.82. The Morgan fingerprint density at radius 1 is 1.27 bits per heavy atom. The molecular weight excluding hydrogens is 182 g/mol. The molecule has 1 heteroatoms. The summed E-state index contributed by atoms with van der Waals surface area (Å²) in [5, 5.41) is 3.47. The van der Waals surface area contributed by atoms with E-state index in [1.165, 1.54) is 43.4 Å². The molecule has 0 spiro atoms. The Morgan fingerprint density at radius 3 is 2.67 bits per heavy atom. The second-order valence-electron chi connectivity index (χ2n) is 4.53. The molecule has 1 nitrogen and oxygen atoms in total. The third-order valence-corrected chi connectivity index (χ3v) is 3.29. The van der Waals surface area contributed by atoms with Crippen molar-refractivity contribution in [3.63, 3.8) is 0 Å². The van der Waals surface area contributed by atoms with Crippen molar-refractivity contribution in [2.45, 2.75) is 38.5 Å². The third-order valence-electron chi connectivity index (χ3n) is 3.29. The average Bonchev–Trinajstić information content (AvgIpc) is 2.32. The highest BCUT2D eigenvalue weighted by Crippen LogP contribution is 2.23. The lowest BCUT2D eigenvalue weighted by Crippen LogP contribution is -2.28. The number of hydrogen-bond donors (Lipinski definition) is 1. The molecule has 1 unspecified atom stereocenters. The quantitative estimate of drug-likeness (QED) is 0.796. The fourth-order valence-electron chi connectivity index (χ4n) is 2.38. The van der Waals surface area contributed by atoms with Gasteiger partial charge in [0.05, 0.1) is 0 Å². The molecule has 82 valence electrons. The summed E-state index contributed by atoms with van der Waals surface area (Å²) in [6.07, 6.45) is 5.12. The topological polar surface area (TPSA) is 12.0 Å². The summed E-state index contributed by atoms with van der Waals surface area (Å²) in [5.74, 6) is 0.745. The van der Waals surface area contributed by atoms with Gasteiger partial charge in [-0.15, -0.1) is 0 Å². The lowest BCUT2D eigenvalue weighted by atomic mass is 9.91. The zero-order chi connectivity index (χ0) is 10.5. The molecule has 0 radical (unpaired) electrons. The van der Waals surface area contributed by atoms with E-state index in [4.69, 9.17) is 0 Å². The second-order valence-corrected chi connectivity index (χ2v) is 4.53. The Bertz CT molecular complexity index is 283. The highest BCUT2D eigenvalue weighted by atomic mass is 14.9. The van der Waals surface area contributed by atoms with Gasteiger partial charge in [-0.05, 0) is 42.9 Å². The molecule has 1 aromatic carbocycles.